The molecule has 1 aliphatic heterocycles. The van der Waals surface area contributed by atoms with Gasteiger partial charge in [0.15, 0.2) is 6.61 Å². The van der Waals surface area contributed by atoms with Crippen molar-refractivity contribution in [2.24, 2.45) is 5.92 Å². The zero-order chi connectivity index (χ0) is 21.0. The number of benzene rings is 2. The molecule has 1 aliphatic rings. The molecule has 154 valence electrons. The number of fused-ring (bicyclic) bond motifs is 1. The molecule has 29 heavy (non-hydrogen) atoms. The van der Waals surface area contributed by atoms with Crippen molar-refractivity contribution >= 4 is 27.6 Å². The van der Waals surface area contributed by atoms with E-state index < -0.39 is 28.6 Å². The third-order valence-electron chi connectivity index (χ3n) is 4.78. The summed E-state index contributed by atoms with van der Waals surface area (Å²) in [5.74, 6) is -1.47. The molecule has 0 aromatic heterocycles. The van der Waals surface area contributed by atoms with Crippen LogP contribution in [0.2, 0.25) is 0 Å². The van der Waals surface area contributed by atoms with Crippen molar-refractivity contribution in [2.75, 3.05) is 18.1 Å². The zero-order valence-corrected chi connectivity index (χ0v) is 17.2. The van der Waals surface area contributed by atoms with Gasteiger partial charge in [-0.1, -0.05) is 50.2 Å². The van der Waals surface area contributed by atoms with Gasteiger partial charge in [0, 0.05) is 12.2 Å². The van der Waals surface area contributed by atoms with Crippen molar-refractivity contribution < 1.29 is 22.7 Å². The first kappa shape index (κ1) is 21.0. The summed E-state index contributed by atoms with van der Waals surface area (Å²) in [5, 5.41) is 0. The second-order valence-corrected chi connectivity index (χ2v) is 8.90. The average molecular weight is 416 g/mol. The SMILES string of the molecule is CC(C)[C@@H](NS(=O)(=O)c1ccccc1)C(=O)OCC(=O)N1CCc2ccccc21. The Balaban J connectivity index is 1.64. The van der Waals surface area contributed by atoms with Crippen molar-refractivity contribution in [3.63, 3.8) is 0 Å². The van der Waals surface area contributed by atoms with Gasteiger partial charge >= 0.3 is 5.97 Å². The molecular formula is C21H24N2O5S. The molecule has 3 rings (SSSR count). The predicted molar refractivity (Wildman–Crippen MR) is 109 cm³/mol. The highest BCUT2D eigenvalue weighted by Gasteiger charge is 2.31. The molecular weight excluding hydrogens is 392 g/mol. The molecule has 0 saturated carbocycles. The number of anilines is 1. The van der Waals surface area contributed by atoms with E-state index in [1.165, 1.54) is 12.1 Å². The van der Waals surface area contributed by atoms with Crippen LogP contribution in [0.5, 0.6) is 0 Å². The first-order valence-electron chi connectivity index (χ1n) is 9.42. The summed E-state index contributed by atoms with van der Waals surface area (Å²) in [6.07, 6.45) is 0.751. The van der Waals surface area contributed by atoms with Gasteiger partial charge in [0.25, 0.3) is 5.91 Å². The van der Waals surface area contributed by atoms with E-state index >= 15 is 0 Å². The minimum atomic E-state index is -3.89. The van der Waals surface area contributed by atoms with E-state index in [-0.39, 0.29) is 16.7 Å². The number of hydrogen-bond donors (Lipinski definition) is 1. The number of amides is 1. The molecule has 1 atom stereocenters. The van der Waals surface area contributed by atoms with E-state index in [1.807, 2.05) is 24.3 Å². The van der Waals surface area contributed by atoms with Crippen LogP contribution in [0.3, 0.4) is 0 Å². The van der Waals surface area contributed by atoms with E-state index in [2.05, 4.69) is 4.72 Å². The van der Waals surface area contributed by atoms with Crippen molar-refractivity contribution in [3.8, 4) is 0 Å². The maximum atomic E-state index is 12.5. The normalized spacial score (nSPS) is 14.5. The van der Waals surface area contributed by atoms with E-state index in [1.54, 1.807) is 36.9 Å². The first-order chi connectivity index (χ1) is 13.8. The summed E-state index contributed by atoms with van der Waals surface area (Å²) in [4.78, 5) is 26.7. The molecule has 7 nitrogen and oxygen atoms in total. The van der Waals surface area contributed by atoms with E-state index in [4.69, 9.17) is 4.74 Å². The number of sulfonamides is 1. The number of hydrogen-bond acceptors (Lipinski definition) is 5. The van der Waals surface area contributed by atoms with Gasteiger partial charge in [-0.3, -0.25) is 9.59 Å². The molecule has 0 spiro atoms. The molecule has 2 aromatic rings. The summed E-state index contributed by atoms with van der Waals surface area (Å²) in [6, 6.07) is 14.3. The number of carbonyl (C=O) groups excluding carboxylic acids is 2. The Morgan fingerprint density at radius 2 is 1.72 bits per heavy atom. The number of para-hydroxylation sites is 1. The quantitative estimate of drug-likeness (QED) is 0.698. The van der Waals surface area contributed by atoms with E-state index in [0.717, 1.165) is 17.7 Å². The second kappa shape index (κ2) is 8.75. The fraction of sp³-hybridized carbons (Fsp3) is 0.333. The maximum absolute atomic E-state index is 12.5. The minimum Gasteiger partial charge on any atom is -0.454 e. The van der Waals surface area contributed by atoms with E-state index in [9.17, 15) is 18.0 Å². The molecule has 0 bridgehead atoms. The van der Waals surface area contributed by atoms with Crippen LogP contribution >= 0.6 is 0 Å². The van der Waals surface area contributed by atoms with Gasteiger partial charge in [-0.15, -0.1) is 0 Å². The molecule has 8 heteroatoms. The lowest BCUT2D eigenvalue weighted by Crippen LogP contribution is -2.46. The molecule has 1 N–H and O–H groups in total. The fourth-order valence-electron chi connectivity index (χ4n) is 3.19. The highest BCUT2D eigenvalue weighted by molar-refractivity contribution is 7.89. The number of nitrogens with one attached hydrogen (secondary N) is 1. The summed E-state index contributed by atoms with van der Waals surface area (Å²) in [5.41, 5.74) is 1.89. The van der Waals surface area contributed by atoms with E-state index in [0.29, 0.717) is 6.54 Å². The summed E-state index contributed by atoms with van der Waals surface area (Å²) >= 11 is 0. The van der Waals surface area contributed by atoms with Crippen molar-refractivity contribution in [1.29, 1.82) is 0 Å². The van der Waals surface area contributed by atoms with Gasteiger partial charge in [-0.05, 0) is 36.1 Å². The number of ether oxygens (including phenoxy) is 1. The monoisotopic (exact) mass is 416 g/mol. The topological polar surface area (TPSA) is 92.8 Å². The third-order valence-corrected chi connectivity index (χ3v) is 6.24. The first-order valence-corrected chi connectivity index (χ1v) is 10.9. The number of esters is 1. The molecule has 0 saturated heterocycles. The molecule has 1 heterocycles. The van der Waals surface area contributed by atoms with Crippen LogP contribution < -0.4 is 9.62 Å². The lowest BCUT2D eigenvalue weighted by atomic mass is 10.1. The van der Waals surface area contributed by atoms with Crippen molar-refractivity contribution in [2.45, 2.75) is 31.2 Å². The molecule has 2 aromatic carbocycles. The number of nitrogens with zero attached hydrogens (tertiary/aromatic N) is 1. The van der Waals surface area contributed by atoms with Crippen molar-refractivity contribution in [3.05, 3.63) is 60.2 Å². The molecule has 0 fully saturated rings. The lowest BCUT2D eigenvalue weighted by Gasteiger charge is -2.22. The minimum absolute atomic E-state index is 0.0585. The predicted octanol–water partition coefficient (Wildman–Crippen LogP) is 2.12. The van der Waals surface area contributed by atoms with Gasteiger partial charge in [-0.2, -0.15) is 4.72 Å². The molecule has 0 radical (unpaired) electrons. The fourth-order valence-corrected chi connectivity index (χ4v) is 4.54. The molecule has 0 aliphatic carbocycles. The summed E-state index contributed by atoms with van der Waals surface area (Å²) in [6.45, 7) is 3.50. The largest absolute Gasteiger partial charge is 0.454 e. The average Bonchev–Trinajstić information content (AvgIpc) is 3.15. The zero-order valence-electron chi connectivity index (χ0n) is 16.4. The Hall–Kier alpha value is -2.71. The van der Waals surface area contributed by atoms with Crippen LogP contribution in [0, 0.1) is 5.92 Å². The Bertz CT molecular complexity index is 989. The Morgan fingerprint density at radius 3 is 2.41 bits per heavy atom. The molecule has 1 amide bonds. The summed E-state index contributed by atoms with van der Waals surface area (Å²) in [7, 11) is -3.89. The van der Waals surface area contributed by atoms with Crippen molar-refractivity contribution in [1.82, 2.24) is 4.72 Å². The maximum Gasteiger partial charge on any atom is 0.324 e. The third kappa shape index (κ3) is 4.83. The number of rotatable bonds is 7. The highest BCUT2D eigenvalue weighted by atomic mass is 32.2. The Kier molecular flexibility index (Phi) is 6.34. The van der Waals surface area contributed by atoms with Crippen LogP contribution in [-0.2, 0) is 30.8 Å². The van der Waals surface area contributed by atoms with Crippen LogP contribution in [0.1, 0.15) is 19.4 Å². The summed E-state index contributed by atoms with van der Waals surface area (Å²) < 4.78 is 32.7. The lowest BCUT2D eigenvalue weighted by molar-refractivity contribution is -0.150. The van der Waals surface area contributed by atoms with Gasteiger partial charge < -0.3 is 9.64 Å². The Morgan fingerprint density at radius 1 is 1.07 bits per heavy atom. The van der Waals surface area contributed by atoms with Crippen LogP contribution in [0.15, 0.2) is 59.5 Å². The Labute approximate surface area is 170 Å². The van der Waals surface area contributed by atoms with Gasteiger partial charge in [0.05, 0.1) is 4.90 Å². The second-order valence-electron chi connectivity index (χ2n) is 7.19. The van der Waals surface area contributed by atoms with Crippen LogP contribution in [0.4, 0.5) is 5.69 Å². The number of carbonyl (C=O) groups is 2. The molecule has 0 unspecified atom stereocenters. The van der Waals surface area contributed by atoms with Gasteiger partial charge in [0.2, 0.25) is 10.0 Å². The highest BCUT2D eigenvalue weighted by Crippen LogP contribution is 2.27. The standard InChI is InChI=1S/C21H24N2O5S/c1-15(2)20(22-29(26,27)17-9-4-3-5-10-17)21(25)28-14-19(24)23-13-12-16-8-6-7-11-18(16)23/h3-11,15,20,22H,12-14H2,1-2H3/t20-/m1/s1. The van der Waals surface area contributed by atoms with Crippen LogP contribution in [-0.4, -0.2) is 39.5 Å². The smallest absolute Gasteiger partial charge is 0.324 e. The van der Waals surface area contributed by atoms with Gasteiger partial charge in [0.1, 0.15) is 6.04 Å². The van der Waals surface area contributed by atoms with Gasteiger partial charge in [-0.25, -0.2) is 8.42 Å². The van der Waals surface area contributed by atoms with Crippen LogP contribution in [0.25, 0.3) is 0 Å².